The van der Waals surface area contributed by atoms with Crippen LogP contribution < -0.4 is 0 Å². The van der Waals surface area contributed by atoms with E-state index in [1.54, 1.807) is 0 Å². The third-order valence-corrected chi connectivity index (χ3v) is 6.79. The number of fused-ring (bicyclic) bond motifs is 2. The first-order valence-corrected chi connectivity index (χ1v) is 10.8. The average Bonchev–Trinajstić information content (AvgIpc) is 3.07. The molecule has 4 rings (SSSR count). The highest BCUT2D eigenvalue weighted by molar-refractivity contribution is 5.99. The van der Waals surface area contributed by atoms with Gasteiger partial charge in [0.1, 0.15) is 12.0 Å². The number of nitrogens with one attached hydrogen (secondary N) is 1. The van der Waals surface area contributed by atoms with E-state index in [1.807, 2.05) is 4.90 Å². The molecule has 0 spiro atoms. The van der Waals surface area contributed by atoms with Gasteiger partial charge in [-0.3, -0.25) is 4.79 Å². The van der Waals surface area contributed by atoms with Gasteiger partial charge in [0.25, 0.3) is 0 Å². The number of aromatic nitrogens is 1. The summed E-state index contributed by atoms with van der Waals surface area (Å²) in [6.45, 7) is 12.3. The van der Waals surface area contributed by atoms with Gasteiger partial charge in [-0.05, 0) is 31.0 Å². The summed E-state index contributed by atoms with van der Waals surface area (Å²) in [5.41, 5.74) is 5.35. The number of carbonyl (C=O) groups excluding carboxylic acids is 1. The summed E-state index contributed by atoms with van der Waals surface area (Å²) in [5, 5.41) is 1.36. The molecule has 1 unspecified atom stereocenters. The van der Waals surface area contributed by atoms with Gasteiger partial charge in [0.15, 0.2) is 0 Å². The molecule has 1 aromatic heterocycles. The minimum Gasteiger partial charge on any atom is -0.361 e. The van der Waals surface area contributed by atoms with Crippen molar-refractivity contribution >= 4 is 22.4 Å². The summed E-state index contributed by atoms with van der Waals surface area (Å²) < 4.78 is 0.947. The highest BCUT2D eigenvalue weighted by atomic mass is 16.2. The molecule has 2 aliphatic rings. The molecule has 0 fully saturated rings. The number of rotatable bonds is 5. The number of carbonyl (C=O) groups is 1. The number of amides is 1. The van der Waals surface area contributed by atoms with Crippen LogP contribution in [0.1, 0.15) is 38.8 Å². The van der Waals surface area contributed by atoms with E-state index >= 15 is 0 Å². The molecule has 0 saturated heterocycles. The first kappa shape index (κ1) is 19.3. The molecule has 1 aliphatic carbocycles. The van der Waals surface area contributed by atoms with Crippen LogP contribution in [-0.2, 0) is 11.2 Å². The van der Waals surface area contributed by atoms with Crippen LogP contribution in [0.3, 0.4) is 0 Å². The van der Waals surface area contributed by atoms with Gasteiger partial charge in [-0.15, -0.1) is 0 Å². The van der Waals surface area contributed by atoms with Crippen molar-refractivity contribution in [3.63, 3.8) is 0 Å². The van der Waals surface area contributed by atoms with Gasteiger partial charge in [0, 0.05) is 48.1 Å². The first-order chi connectivity index (χ1) is 13.4. The predicted octanol–water partition coefficient (Wildman–Crippen LogP) is 4.08. The van der Waals surface area contributed by atoms with E-state index in [1.165, 1.54) is 27.6 Å². The number of aromatic amines is 1. The van der Waals surface area contributed by atoms with E-state index in [0.717, 1.165) is 37.1 Å². The van der Waals surface area contributed by atoms with E-state index in [0.29, 0.717) is 12.0 Å². The molecule has 1 amide bonds. The van der Waals surface area contributed by atoms with E-state index in [-0.39, 0.29) is 11.8 Å². The molecular weight excluding hydrogens is 346 g/mol. The molecule has 1 aromatic carbocycles. The summed E-state index contributed by atoms with van der Waals surface area (Å²) in [4.78, 5) is 18.8. The van der Waals surface area contributed by atoms with Gasteiger partial charge in [0.2, 0.25) is 5.91 Å². The quantitative estimate of drug-likeness (QED) is 0.780. The van der Waals surface area contributed by atoms with E-state index in [2.05, 4.69) is 70.2 Å². The van der Waals surface area contributed by atoms with Crippen molar-refractivity contribution in [3.05, 3.63) is 41.6 Å². The molecule has 1 aliphatic heterocycles. The molecule has 28 heavy (non-hydrogen) atoms. The Hall–Kier alpha value is -2.07. The summed E-state index contributed by atoms with van der Waals surface area (Å²) in [7, 11) is 2.37. The lowest BCUT2D eigenvalue weighted by atomic mass is 9.77. The highest BCUT2D eigenvalue weighted by Gasteiger charge is 2.46. The van der Waals surface area contributed by atoms with Crippen LogP contribution in [0.15, 0.2) is 30.5 Å². The maximum Gasteiger partial charge on any atom is 0.235 e. The molecule has 0 saturated carbocycles. The second-order valence-corrected chi connectivity index (χ2v) is 9.24. The standard InChI is InChI=1S/C24H34N3O/c1-6-26(7-2)24(28)18-11-20-19-9-8-10-21-23(19)17(13-25-21)12-22(20)27(5,15-18)14-16(3)4/h8-11,13,16,18,22,25H,6-7,12,14-15H2,1-5H3/q+1/t18-,22-,27?/m1/s1. The van der Waals surface area contributed by atoms with Crippen molar-refractivity contribution in [1.29, 1.82) is 0 Å². The Bertz CT molecular complexity index is 921. The van der Waals surface area contributed by atoms with Gasteiger partial charge in [-0.1, -0.05) is 32.1 Å². The topological polar surface area (TPSA) is 36.1 Å². The second kappa shape index (κ2) is 7.07. The predicted molar refractivity (Wildman–Crippen MR) is 116 cm³/mol. The summed E-state index contributed by atoms with van der Waals surface area (Å²) >= 11 is 0. The van der Waals surface area contributed by atoms with Crippen LogP contribution in [0.5, 0.6) is 0 Å². The van der Waals surface area contributed by atoms with Crippen molar-refractivity contribution in [2.75, 3.05) is 33.2 Å². The van der Waals surface area contributed by atoms with Gasteiger partial charge in [-0.2, -0.15) is 0 Å². The highest BCUT2D eigenvalue weighted by Crippen LogP contribution is 2.44. The molecule has 150 valence electrons. The molecule has 0 radical (unpaired) electrons. The fraction of sp³-hybridized carbons (Fsp3) is 0.542. The number of benzene rings is 1. The minimum atomic E-state index is -0.0364. The molecule has 3 atom stereocenters. The molecule has 4 nitrogen and oxygen atoms in total. The Labute approximate surface area is 168 Å². The Morgan fingerprint density at radius 2 is 2.04 bits per heavy atom. The number of nitrogens with zero attached hydrogens (tertiary/aromatic N) is 2. The Kier molecular flexibility index (Phi) is 4.86. The van der Waals surface area contributed by atoms with Crippen LogP contribution >= 0.6 is 0 Å². The molecule has 2 heterocycles. The third-order valence-electron chi connectivity index (χ3n) is 6.79. The Morgan fingerprint density at radius 1 is 1.29 bits per heavy atom. The summed E-state index contributed by atoms with van der Waals surface area (Å²) in [5.74, 6) is 0.846. The number of H-pyrrole nitrogens is 1. The third kappa shape index (κ3) is 2.98. The van der Waals surface area contributed by atoms with Crippen molar-refractivity contribution in [3.8, 4) is 0 Å². The maximum absolute atomic E-state index is 13.3. The lowest BCUT2D eigenvalue weighted by molar-refractivity contribution is -0.930. The van der Waals surface area contributed by atoms with Crippen LogP contribution in [0, 0.1) is 11.8 Å². The van der Waals surface area contributed by atoms with Gasteiger partial charge >= 0.3 is 0 Å². The zero-order valence-electron chi connectivity index (χ0n) is 18.0. The minimum absolute atomic E-state index is 0.0364. The van der Waals surface area contributed by atoms with Crippen LogP contribution in [0.2, 0.25) is 0 Å². The fourth-order valence-corrected chi connectivity index (χ4v) is 5.71. The fourth-order valence-electron chi connectivity index (χ4n) is 5.71. The molecule has 2 aromatic rings. The van der Waals surface area contributed by atoms with Crippen LogP contribution in [0.25, 0.3) is 16.5 Å². The number of quaternary nitrogens is 1. The normalized spacial score (nSPS) is 26.3. The van der Waals surface area contributed by atoms with E-state index in [9.17, 15) is 4.79 Å². The summed E-state index contributed by atoms with van der Waals surface area (Å²) in [6, 6.07) is 6.98. The monoisotopic (exact) mass is 380 g/mol. The Morgan fingerprint density at radius 3 is 2.71 bits per heavy atom. The van der Waals surface area contributed by atoms with Crippen molar-refractivity contribution in [2.24, 2.45) is 11.8 Å². The Balaban J connectivity index is 1.85. The lowest BCUT2D eigenvalue weighted by Crippen LogP contribution is -2.61. The first-order valence-electron chi connectivity index (χ1n) is 10.8. The lowest BCUT2D eigenvalue weighted by Gasteiger charge is -2.49. The van der Waals surface area contributed by atoms with Gasteiger partial charge in [-0.25, -0.2) is 0 Å². The smallest absolute Gasteiger partial charge is 0.235 e. The molecule has 4 heteroatoms. The molecular formula is C24H34N3O+. The molecule has 0 bridgehead atoms. The van der Waals surface area contributed by atoms with Gasteiger partial charge < -0.3 is 14.4 Å². The number of likely N-dealkylation sites (N-methyl/N-ethyl adjacent to an activating group) is 1. The molecule has 1 N–H and O–H groups in total. The van der Waals surface area contributed by atoms with Crippen LogP contribution in [-0.4, -0.2) is 59.5 Å². The number of hydrogen-bond donors (Lipinski definition) is 1. The zero-order valence-corrected chi connectivity index (χ0v) is 18.0. The van der Waals surface area contributed by atoms with Crippen molar-refractivity contribution in [2.45, 2.75) is 40.2 Å². The maximum atomic E-state index is 13.3. The van der Waals surface area contributed by atoms with E-state index in [4.69, 9.17) is 0 Å². The van der Waals surface area contributed by atoms with Gasteiger partial charge in [0.05, 0.1) is 20.1 Å². The van der Waals surface area contributed by atoms with Crippen molar-refractivity contribution < 1.29 is 9.28 Å². The average molecular weight is 381 g/mol. The summed E-state index contributed by atoms with van der Waals surface area (Å²) in [6.07, 6.45) is 5.56. The number of hydrogen-bond acceptors (Lipinski definition) is 1. The zero-order chi connectivity index (χ0) is 20.1. The SMILES string of the molecule is CCN(CC)C(=O)[C@@H]1C=C2c3cccc4[nH]cc(c34)C[C@H]2[N+](C)(CC(C)C)C1. The van der Waals surface area contributed by atoms with Crippen LogP contribution in [0.4, 0.5) is 0 Å². The second-order valence-electron chi connectivity index (χ2n) is 9.24. The van der Waals surface area contributed by atoms with Crippen molar-refractivity contribution in [1.82, 2.24) is 9.88 Å². The van der Waals surface area contributed by atoms with E-state index < -0.39 is 0 Å². The largest absolute Gasteiger partial charge is 0.361 e.